The average molecular weight is 290 g/mol. The van der Waals surface area contributed by atoms with Gasteiger partial charge in [-0.1, -0.05) is 5.16 Å². The quantitative estimate of drug-likeness (QED) is 0.940. The van der Waals surface area contributed by atoms with Gasteiger partial charge in [0, 0.05) is 30.1 Å². The Balaban J connectivity index is 1.60. The first-order valence-corrected chi connectivity index (χ1v) is 7.16. The third-order valence-corrected chi connectivity index (χ3v) is 3.94. The predicted octanol–water partition coefficient (Wildman–Crippen LogP) is 3.08. The molecule has 0 saturated heterocycles. The molecule has 1 N–H and O–H groups in total. The number of hydrogen-bond donors (Lipinski definition) is 1. The van der Waals surface area contributed by atoms with Crippen molar-refractivity contribution in [2.45, 2.75) is 39.3 Å². The zero-order valence-corrected chi connectivity index (χ0v) is 12.4. The summed E-state index contributed by atoms with van der Waals surface area (Å²) in [5, 5.41) is 7.41. The van der Waals surface area contributed by atoms with Crippen molar-refractivity contribution in [3.05, 3.63) is 46.6 Å². The average Bonchev–Trinajstić information content (AvgIpc) is 2.99. The van der Waals surface area contributed by atoms with Gasteiger partial charge < -0.3 is 14.6 Å². The summed E-state index contributed by atoms with van der Waals surface area (Å²) in [5.41, 5.74) is 2.94. The van der Waals surface area contributed by atoms with Gasteiger partial charge in [-0.15, -0.1) is 0 Å². The van der Waals surface area contributed by atoms with Crippen LogP contribution in [0.1, 0.15) is 35.5 Å². The highest BCUT2D eigenvalue weighted by Crippen LogP contribution is 2.29. The Hall–Kier alpha value is -1.88. The molecular formula is C16H19FN2O2. The standard InChI is InChI=1S/C16H19FN2O2/c1-9(16-10(2)19-21-11(16)3)18-8-14-7-12-6-13(17)4-5-15(12)20-14/h4-6,9,14,18H,7-8H2,1-3H3. The fraction of sp³-hybridized carbons (Fsp3) is 0.438. The zero-order chi connectivity index (χ0) is 15.0. The summed E-state index contributed by atoms with van der Waals surface area (Å²) >= 11 is 0. The maximum absolute atomic E-state index is 13.2. The van der Waals surface area contributed by atoms with Crippen molar-refractivity contribution in [1.29, 1.82) is 0 Å². The van der Waals surface area contributed by atoms with Gasteiger partial charge in [-0.25, -0.2) is 4.39 Å². The number of hydrogen-bond acceptors (Lipinski definition) is 4. The van der Waals surface area contributed by atoms with Crippen LogP contribution in [0.25, 0.3) is 0 Å². The monoisotopic (exact) mass is 290 g/mol. The van der Waals surface area contributed by atoms with Crippen LogP contribution in [-0.4, -0.2) is 17.8 Å². The molecule has 2 aromatic rings. The summed E-state index contributed by atoms with van der Waals surface area (Å²) in [5.74, 6) is 1.41. The number of nitrogens with one attached hydrogen (secondary N) is 1. The van der Waals surface area contributed by atoms with Crippen LogP contribution < -0.4 is 10.1 Å². The highest BCUT2D eigenvalue weighted by Gasteiger charge is 2.24. The summed E-state index contributed by atoms with van der Waals surface area (Å²) in [6, 6.07) is 4.82. The van der Waals surface area contributed by atoms with E-state index in [1.165, 1.54) is 6.07 Å². The fourth-order valence-electron chi connectivity index (χ4n) is 2.92. The van der Waals surface area contributed by atoms with Gasteiger partial charge in [0.05, 0.1) is 5.69 Å². The normalized spacial score (nSPS) is 18.4. The summed E-state index contributed by atoms with van der Waals surface area (Å²) in [4.78, 5) is 0. The van der Waals surface area contributed by atoms with Crippen LogP contribution in [0.2, 0.25) is 0 Å². The molecule has 2 unspecified atom stereocenters. The molecule has 0 fully saturated rings. The second kappa shape index (κ2) is 5.48. The molecule has 1 aromatic carbocycles. The second-order valence-electron chi connectivity index (χ2n) is 5.56. The molecule has 1 aliphatic rings. The maximum atomic E-state index is 13.2. The predicted molar refractivity (Wildman–Crippen MR) is 76.9 cm³/mol. The summed E-state index contributed by atoms with van der Waals surface area (Å²) in [7, 11) is 0. The number of halogens is 1. The van der Waals surface area contributed by atoms with Crippen LogP contribution in [0.5, 0.6) is 5.75 Å². The number of aromatic nitrogens is 1. The number of fused-ring (bicyclic) bond motifs is 1. The van der Waals surface area contributed by atoms with E-state index in [0.29, 0.717) is 6.54 Å². The van der Waals surface area contributed by atoms with Gasteiger partial charge in [-0.2, -0.15) is 0 Å². The summed E-state index contributed by atoms with van der Waals surface area (Å²) in [6.45, 7) is 6.63. The van der Waals surface area contributed by atoms with Crippen LogP contribution in [0.3, 0.4) is 0 Å². The molecule has 3 rings (SSSR count). The van der Waals surface area contributed by atoms with Gasteiger partial charge in [0.1, 0.15) is 23.4 Å². The zero-order valence-electron chi connectivity index (χ0n) is 12.4. The van der Waals surface area contributed by atoms with Crippen LogP contribution in [0, 0.1) is 19.7 Å². The largest absolute Gasteiger partial charge is 0.488 e. The van der Waals surface area contributed by atoms with E-state index >= 15 is 0 Å². The van der Waals surface area contributed by atoms with E-state index in [0.717, 1.165) is 34.8 Å². The Morgan fingerprint density at radius 1 is 1.43 bits per heavy atom. The smallest absolute Gasteiger partial charge is 0.138 e. The molecule has 2 atom stereocenters. The minimum absolute atomic E-state index is 0.0322. The Labute approximate surface area is 123 Å². The molecule has 0 spiro atoms. The summed E-state index contributed by atoms with van der Waals surface area (Å²) in [6.07, 6.45) is 0.763. The number of rotatable bonds is 4. The number of aryl methyl sites for hydroxylation is 2. The summed E-state index contributed by atoms with van der Waals surface area (Å²) < 4.78 is 24.2. The van der Waals surface area contributed by atoms with Gasteiger partial charge in [0.15, 0.2) is 0 Å². The topological polar surface area (TPSA) is 47.3 Å². The van der Waals surface area contributed by atoms with E-state index in [1.807, 2.05) is 13.8 Å². The minimum Gasteiger partial charge on any atom is -0.488 e. The Bertz CT molecular complexity index is 634. The van der Waals surface area contributed by atoms with Gasteiger partial charge in [0.25, 0.3) is 0 Å². The van der Waals surface area contributed by atoms with Crippen molar-refractivity contribution in [3.8, 4) is 5.75 Å². The molecule has 0 amide bonds. The van der Waals surface area contributed by atoms with Crippen molar-refractivity contribution in [3.63, 3.8) is 0 Å². The molecule has 112 valence electrons. The van der Waals surface area contributed by atoms with E-state index in [9.17, 15) is 4.39 Å². The van der Waals surface area contributed by atoms with Gasteiger partial charge in [-0.3, -0.25) is 0 Å². The third kappa shape index (κ3) is 2.78. The van der Waals surface area contributed by atoms with Crippen LogP contribution in [0.15, 0.2) is 22.7 Å². The Morgan fingerprint density at radius 2 is 2.24 bits per heavy atom. The van der Waals surface area contributed by atoms with Crippen molar-refractivity contribution in [2.24, 2.45) is 0 Å². The molecule has 5 heteroatoms. The third-order valence-electron chi connectivity index (χ3n) is 3.94. The molecule has 0 saturated carbocycles. The molecule has 1 aliphatic heterocycles. The maximum Gasteiger partial charge on any atom is 0.138 e. The molecule has 0 bridgehead atoms. The number of ether oxygens (including phenoxy) is 1. The molecule has 0 radical (unpaired) electrons. The van der Waals surface area contributed by atoms with Crippen molar-refractivity contribution >= 4 is 0 Å². The van der Waals surface area contributed by atoms with Gasteiger partial charge in [-0.05, 0) is 39.0 Å². The van der Waals surface area contributed by atoms with E-state index < -0.39 is 0 Å². The Morgan fingerprint density at radius 3 is 2.95 bits per heavy atom. The second-order valence-corrected chi connectivity index (χ2v) is 5.56. The van der Waals surface area contributed by atoms with Crippen molar-refractivity contribution in [1.82, 2.24) is 10.5 Å². The van der Waals surface area contributed by atoms with Gasteiger partial charge >= 0.3 is 0 Å². The molecule has 21 heavy (non-hydrogen) atoms. The lowest BCUT2D eigenvalue weighted by atomic mass is 10.1. The molecule has 4 nitrogen and oxygen atoms in total. The molecule has 1 aromatic heterocycles. The first-order valence-electron chi connectivity index (χ1n) is 7.16. The van der Waals surface area contributed by atoms with E-state index in [2.05, 4.69) is 17.4 Å². The first-order chi connectivity index (χ1) is 10.0. The fourth-order valence-corrected chi connectivity index (χ4v) is 2.92. The molecule has 2 heterocycles. The highest BCUT2D eigenvalue weighted by molar-refractivity contribution is 5.38. The molecular weight excluding hydrogens is 271 g/mol. The number of nitrogens with zero attached hydrogens (tertiary/aromatic N) is 1. The SMILES string of the molecule is Cc1noc(C)c1C(C)NCC1Cc2cc(F)ccc2O1. The molecule has 0 aliphatic carbocycles. The lowest BCUT2D eigenvalue weighted by Gasteiger charge is -2.17. The highest BCUT2D eigenvalue weighted by atomic mass is 19.1. The Kier molecular flexibility index (Phi) is 3.68. The van der Waals surface area contributed by atoms with Crippen LogP contribution in [-0.2, 0) is 6.42 Å². The first kappa shape index (κ1) is 14.1. The van der Waals surface area contributed by atoms with E-state index in [-0.39, 0.29) is 18.0 Å². The lowest BCUT2D eigenvalue weighted by Crippen LogP contribution is -2.32. The minimum atomic E-state index is -0.213. The lowest BCUT2D eigenvalue weighted by molar-refractivity contribution is 0.222. The van der Waals surface area contributed by atoms with Crippen molar-refractivity contribution in [2.75, 3.05) is 6.54 Å². The number of benzene rings is 1. The van der Waals surface area contributed by atoms with E-state index in [4.69, 9.17) is 9.26 Å². The van der Waals surface area contributed by atoms with Crippen molar-refractivity contribution < 1.29 is 13.7 Å². The van der Waals surface area contributed by atoms with Gasteiger partial charge in [0.2, 0.25) is 0 Å². The van der Waals surface area contributed by atoms with Crippen LogP contribution in [0.4, 0.5) is 4.39 Å². The van der Waals surface area contributed by atoms with E-state index in [1.54, 1.807) is 12.1 Å². The van der Waals surface area contributed by atoms with Crippen LogP contribution >= 0.6 is 0 Å².